The van der Waals surface area contributed by atoms with Gasteiger partial charge in [0.1, 0.15) is 0 Å². The molecule has 1 aromatic rings. The van der Waals surface area contributed by atoms with Gasteiger partial charge in [0.05, 0.1) is 6.10 Å². The normalized spacial score (nSPS) is 13.0. The molecule has 0 aromatic heterocycles. The molecule has 72 valence electrons. The van der Waals surface area contributed by atoms with Crippen molar-refractivity contribution in [1.29, 1.82) is 0 Å². The molecule has 0 spiro atoms. The molecule has 0 saturated heterocycles. The van der Waals surface area contributed by atoms with Gasteiger partial charge in [0, 0.05) is 0 Å². The van der Waals surface area contributed by atoms with Crippen LogP contribution < -0.4 is 0 Å². The van der Waals surface area contributed by atoms with Crippen LogP contribution in [0.15, 0.2) is 12.1 Å². The Morgan fingerprint density at radius 2 is 1.62 bits per heavy atom. The molecular formula is C12H18O. The second-order valence-electron chi connectivity index (χ2n) is 3.72. The molecule has 0 radical (unpaired) electrons. The van der Waals surface area contributed by atoms with Gasteiger partial charge in [0.25, 0.3) is 0 Å². The summed E-state index contributed by atoms with van der Waals surface area (Å²) < 4.78 is 0. The van der Waals surface area contributed by atoms with Gasteiger partial charge in [-0.1, -0.05) is 19.1 Å². The van der Waals surface area contributed by atoms with E-state index in [1.165, 1.54) is 16.7 Å². The minimum absolute atomic E-state index is 0.306. The van der Waals surface area contributed by atoms with E-state index in [0.717, 1.165) is 12.0 Å². The first-order valence-electron chi connectivity index (χ1n) is 4.82. The van der Waals surface area contributed by atoms with Crippen LogP contribution in [-0.2, 0) is 0 Å². The SMILES string of the molecule is CCC(O)c1cc(C)c(C)cc1C. The van der Waals surface area contributed by atoms with Gasteiger partial charge in [-0.05, 0) is 49.4 Å². The minimum Gasteiger partial charge on any atom is -0.388 e. The highest BCUT2D eigenvalue weighted by Crippen LogP contribution is 2.23. The van der Waals surface area contributed by atoms with Crippen molar-refractivity contribution in [2.24, 2.45) is 0 Å². The molecule has 0 fully saturated rings. The molecule has 1 aromatic carbocycles. The van der Waals surface area contributed by atoms with Crippen LogP contribution in [0.2, 0.25) is 0 Å². The third-order valence-corrected chi connectivity index (χ3v) is 2.63. The summed E-state index contributed by atoms with van der Waals surface area (Å²) in [6, 6.07) is 4.24. The standard InChI is InChI=1S/C12H18O/c1-5-12(13)11-7-9(3)8(2)6-10(11)4/h6-7,12-13H,5H2,1-4H3. The maximum Gasteiger partial charge on any atom is 0.0790 e. The topological polar surface area (TPSA) is 20.2 Å². The molecule has 1 rings (SSSR count). The Morgan fingerprint density at radius 3 is 2.15 bits per heavy atom. The predicted octanol–water partition coefficient (Wildman–Crippen LogP) is 3.06. The van der Waals surface area contributed by atoms with Gasteiger partial charge < -0.3 is 5.11 Å². The van der Waals surface area contributed by atoms with Crippen LogP contribution in [0.1, 0.15) is 41.7 Å². The predicted molar refractivity (Wildman–Crippen MR) is 55.9 cm³/mol. The first-order valence-corrected chi connectivity index (χ1v) is 4.82. The summed E-state index contributed by atoms with van der Waals surface area (Å²) >= 11 is 0. The van der Waals surface area contributed by atoms with Crippen LogP contribution in [0.5, 0.6) is 0 Å². The Morgan fingerprint density at radius 1 is 1.08 bits per heavy atom. The van der Waals surface area contributed by atoms with Crippen molar-refractivity contribution in [2.75, 3.05) is 0 Å². The van der Waals surface area contributed by atoms with Crippen LogP contribution in [-0.4, -0.2) is 5.11 Å². The Bertz CT molecular complexity index is 302. The third-order valence-electron chi connectivity index (χ3n) is 2.63. The van der Waals surface area contributed by atoms with E-state index in [9.17, 15) is 5.11 Å². The number of hydrogen-bond donors (Lipinski definition) is 1. The summed E-state index contributed by atoms with van der Waals surface area (Å²) in [5, 5.41) is 9.73. The number of benzene rings is 1. The second kappa shape index (κ2) is 3.93. The highest BCUT2D eigenvalue weighted by atomic mass is 16.3. The van der Waals surface area contributed by atoms with Gasteiger partial charge >= 0.3 is 0 Å². The Balaban J connectivity index is 3.15. The van der Waals surface area contributed by atoms with Crippen molar-refractivity contribution in [3.05, 3.63) is 34.4 Å². The summed E-state index contributed by atoms with van der Waals surface area (Å²) in [6.45, 7) is 8.24. The fourth-order valence-electron chi connectivity index (χ4n) is 1.56. The number of aliphatic hydroxyl groups is 1. The molecule has 0 heterocycles. The van der Waals surface area contributed by atoms with Crippen molar-refractivity contribution in [3.8, 4) is 0 Å². The van der Waals surface area contributed by atoms with Gasteiger partial charge in [-0.15, -0.1) is 0 Å². The van der Waals surface area contributed by atoms with E-state index in [0.29, 0.717) is 0 Å². The largest absolute Gasteiger partial charge is 0.388 e. The number of aliphatic hydroxyl groups excluding tert-OH is 1. The van der Waals surface area contributed by atoms with Crippen molar-refractivity contribution < 1.29 is 5.11 Å². The summed E-state index contributed by atoms with van der Waals surface area (Å²) in [5.74, 6) is 0. The molecule has 1 heteroatoms. The monoisotopic (exact) mass is 178 g/mol. The highest BCUT2D eigenvalue weighted by molar-refractivity contribution is 5.37. The fraction of sp³-hybridized carbons (Fsp3) is 0.500. The maximum atomic E-state index is 9.73. The Kier molecular flexibility index (Phi) is 3.10. The molecule has 0 bridgehead atoms. The molecule has 0 aliphatic heterocycles. The zero-order chi connectivity index (χ0) is 10.0. The summed E-state index contributed by atoms with van der Waals surface area (Å²) in [6.07, 6.45) is 0.475. The first kappa shape index (κ1) is 10.3. The molecule has 1 nitrogen and oxygen atoms in total. The van der Waals surface area contributed by atoms with Crippen molar-refractivity contribution in [3.63, 3.8) is 0 Å². The van der Waals surface area contributed by atoms with E-state index in [1.54, 1.807) is 0 Å². The van der Waals surface area contributed by atoms with Crippen molar-refractivity contribution in [2.45, 2.75) is 40.2 Å². The van der Waals surface area contributed by atoms with Crippen LogP contribution in [0.25, 0.3) is 0 Å². The molecule has 1 unspecified atom stereocenters. The molecular weight excluding hydrogens is 160 g/mol. The average Bonchev–Trinajstić information content (AvgIpc) is 2.10. The number of aryl methyl sites for hydroxylation is 3. The van der Waals surface area contributed by atoms with E-state index in [4.69, 9.17) is 0 Å². The van der Waals surface area contributed by atoms with Crippen molar-refractivity contribution >= 4 is 0 Å². The van der Waals surface area contributed by atoms with Crippen LogP contribution in [0.3, 0.4) is 0 Å². The Labute approximate surface area is 80.4 Å². The summed E-state index contributed by atoms with van der Waals surface area (Å²) in [4.78, 5) is 0. The van der Waals surface area contributed by atoms with Gasteiger partial charge in [-0.25, -0.2) is 0 Å². The van der Waals surface area contributed by atoms with Crippen LogP contribution in [0.4, 0.5) is 0 Å². The van der Waals surface area contributed by atoms with Crippen LogP contribution in [0, 0.1) is 20.8 Å². The molecule has 1 N–H and O–H groups in total. The van der Waals surface area contributed by atoms with Crippen LogP contribution >= 0.6 is 0 Å². The zero-order valence-electron chi connectivity index (χ0n) is 8.89. The van der Waals surface area contributed by atoms with E-state index in [1.807, 2.05) is 6.92 Å². The van der Waals surface area contributed by atoms with Crippen molar-refractivity contribution in [1.82, 2.24) is 0 Å². The lowest BCUT2D eigenvalue weighted by Gasteiger charge is -2.14. The smallest absolute Gasteiger partial charge is 0.0790 e. The maximum absolute atomic E-state index is 9.73. The quantitative estimate of drug-likeness (QED) is 0.738. The molecule has 0 aliphatic carbocycles. The molecule has 0 aliphatic rings. The summed E-state index contributed by atoms with van der Waals surface area (Å²) in [5.41, 5.74) is 4.82. The zero-order valence-corrected chi connectivity index (χ0v) is 8.89. The van der Waals surface area contributed by atoms with E-state index in [2.05, 4.69) is 32.9 Å². The highest BCUT2D eigenvalue weighted by Gasteiger charge is 2.08. The second-order valence-corrected chi connectivity index (χ2v) is 3.72. The van der Waals surface area contributed by atoms with Gasteiger partial charge in [-0.2, -0.15) is 0 Å². The molecule has 1 atom stereocenters. The lowest BCUT2D eigenvalue weighted by molar-refractivity contribution is 0.173. The van der Waals surface area contributed by atoms with Gasteiger partial charge in [0.15, 0.2) is 0 Å². The Hall–Kier alpha value is -0.820. The molecule has 13 heavy (non-hydrogen) atoms. The number of rotatable bonds is 2. The molecule has 0 amide bonds. The third kappa shape index (κ3) is 2.10. The fourth-order valence-corrected chi connectivity index (χ4v) is 1.56. The summed E-state index contributed by atoms with van der Waals surface area (Å²) in [7, 11) is 0. The van der Waals surface area contributed by atoms with E-state index in [-0.39, 0.29) is 6.10 Å². The first-order chi connectivity index (χ1) is 6.06. The average molecular weight is 178 g/mol. The van der Waals surface area contributed by atoms with Gasteiger partial charge in [-0.3, -0.25) is 0 Å². The minimum atomic E-state index is -0.306. The lowest BCUT2D eigenvalue weighted by Crippen LogP contribution is -2.00. The van der Waals surface area contributed by atoms with E-state index >= 15 is 0 Å². The van der Waals surface area contributed by atoms with Gasteiger partial charge in [0.2, 0.25) is 0 Å². The lowest BCUT2D eigenvalue weighted by atomic mass is 9.96. The molecule has 0 saturated carbocycles. The van der Waals surface area contributed by atoms with E-state index < -0.39 is 0 Å². The number of hydrogen-bond acceptors (Lipinski definition) is 1.